The highest BCUT2D eigenvalue weighted by atomic mass is 31.2. The molecular weight excluding hydrogens is 1700 g/mol. The molecule has 0 saturated carbocycles. The van der Waals surface area contributed by atoms with Crippen molar-refractivity contribution in [2.45, 2.75) is 157 Å². The van der Waals surface area contributed by atoms with Crippen LogP contribution in [0.2, 0.25) is 0 Å². The fourth-order valence-electron chi connectivity index (χ4n) is 17.1. The standard InChI is InChI=1S/C26H25OP.C22H21N.C22H23OP.C20H21OP.C16H16N2.C16H19OP/c1-26(2,3)22-16-14-21-19-25(17-15-20(21)18-22)28(27,23-10-6-4-7-11-23)24-12-8-5-9-13-24;1-22(2,3)16-9-8-10-17(15-16)23-20-13-6-4-11-18(20)19-12-5-7-14-21(19)23;1-22(2,3)18-14-16-21(17-15-18)24(23,19-10-6-4-7-11-19)20-12-8-5-9-13-20;1-20(2,3)22(21,18-11-5-4-6-12-18)19-14-13-16-9-7-8-10-17(16)15-19;1-16(2,3)13-9-8-12-7-6-11-5-4-10-17-14(11)15(12)18-13;1-16(2,3)18(17,14-10-6-4-7-11-14)15-12-8-5-9-13-15/h4-19H,1-3H3;4-15H,1-3H3;4-17H,1-3H3;4-15H,1-3H3;4-10H,1-3H3;4-13H,1-3H3. The number of aromatic nitrogens is 3. The largest absolute Gasteiger partial charge is 0.313 e. The molecule has 0 saturated heterocycles. The maximum absolute atomic E-state index is 14.5. The zero-order chi connectivity index (χ0) is 94.8. The van der Waals surface area contributed by atoms with E-state index in [9.17, 15) is 18.3 Å². The van der Waals surface area contributed by atoms with Crippen LogP contribution in [0.4, 0.5) is 0 Å². The van der Waals surface area contributed by atoms with Crippen molar-refractivity contribution >= 4 is 147 Å². The van der Waals surface area contributed by atoms with E-state index in [-0.39, 0.29) is 32.0 Å². The molecule has 1 unspecified atom stereocenters. The number of hydrogen-bond acceptors (Lipinski definition) is 6. The molecule has 0 aliphatic rings. The van der Waals surface area contributed by atoms with Crippen molar-refractivity contribution < 1.29 is 18.3 Å². The van der Waals surface area contributed by atoms with E-state index in [0.717, 1.165) is 91.3 Å². The van der Waals surface area contributed by atoms with Gasteiger partial charge >= 0.3 is 0 Å². The molecule has 0 fully saturated rings. The van der Waals surface area contributed by atoms with E-state index in [4.69, 9.17) is 4.98 Å². The Morgan fingerprint density at radius 1 is 0.218 bits per heavy atom. The second-order valence-corrected chi connectivity index (χ2v) is 53.0. The Balaban J connectivity index is 0.000000129. The van der Waals surface area contributed by atoms with Crippen molar-refractivity contribution in [1.29, 1.82) is 0 Å². The van der Waals surface area contributed by atoms with Crippen molar-refractivity contribution in [2.75, 3.05) is 0 Å². The minimum absolute atomic E-state index is 0.0606. The maximum Gasteiger partial charge on any atom is 0.171 e. The number of para-hydroxylation sites is 2. The average molecular weight is 1820 g/mol. The van der Waals surface area contributed by atoms with Crippen LogP contribution in [-0.4, -0.2) is 24.8 Å². The molecule has 1 atom stereocenters. The lowest BCUT2D eigenvalue weighted by Crippen LogP contribution is -2.30. The van der Waals surface area contributed by atoms with Gasteiger partial charge in [-0.05, 0) is 103 Å². The highest BCUT2D eigenvalue weighted by Gasteiger charge is 2.42. The summed E-state index contributed by atoms with van der Waals surface area (Å²) in [5, 5.41) is 17.9. The van der Waals surface area contributed by atoms with Crippen LogP contribution in [-0.2, 0) is 39.9 Å². The van der Waals surface area contributed by atoms with E-state index in [1.807, 2.05) is 282 Å². The first-order valence-corrected chi connectivity index (χ1v) is 52.8. The fourth-order valence-corrected chi connectivity index (χ4v) is 28.5. The van der Waals surface area contributed by atoms with Gasteiger partial charge in [0.25, 0.3) is 0 Å². The van der Waals surface area contributed by atoms with E-state index >= 15 is 0 Å². The topological polar surface area (TPSA) is 99.0 Å². The first-order chi connectivity index (χ1) is 63.3. The van der Waals surface area contributed by atoms with Crippen LogP contribution >= 0.6 is 28.6 Å². The predicted octanol–water partition coefficient (Wildman–Crippen LogP) is 29.3. The molecular formula is C122H125N3O4P4. The number of fused-ring (bicyclic) bond motifs is 8. The highest BCUT2D eigenvalue weighted by Crippen LogP contribution is 2.57. The van der Waals surface area contributed by atoms with E-state index in [1.54, 1.807) is 0 Å². The summed E-state index contributed by atoms with van der Waals surface area (Å²) in [6, 6.07) is 143. The molecule has 3 heterocycles. The lowest BCUT2D eigenvalue weighted by atomic mass is 9.86. The van der Waals surface area contributed by atoms with Gasteiger partial charge in [0.15, 0.2) is 14.3 Å². The van der Waals surface area contributed by atoms with Gasteiger partial charge in [-0.2, -0.15) is 0 Å². The third kappa shape index (κ3) is 21.3. The second kappa shape index (κ2) is 40.2. The molecule has 0 spiro atoms. The fraction of sp³-hybridized carbons (Fsp3) is 0.197. The first-order valence-electron chi connectivity index (χ1n) is 46.0. The number of hydrogen-bond donors (Lipinski definition) is 0. The number of pyridine rings is 2. The number of nitrogens with zero attached hydrogens (tertiary/aromatic N) is 3. The van der Waals surface area contributed by atoms with Crippen LogP contribution in [0.3, 0.4) is 0 Å². The van der Waals surface area contributed by atoms with Gasteiger partial charge in [-0.3, -0.25) is 4.98 Å². The molecule has 133 heavy (non-hydrogen) atoms. The van der Waals surface area contributed by atoms with Crippen molar-refractivity contribution in [3.8, 4) is 5.69 Å². The molecule has 0 amide bonds. The minimum atomic E-state index is -2.93. The number of benzene rings is 16. The summed E-state index contributed by atoms with van der Waals surface area (Å²) >= 11 is 0. The van der Waals surface area contributed by atoms with Crippen LogP contribution in [0.5, 0.6) is 0 Å². The van der Waals surface area contributed by atoms with Crippen molar-refractivity contribution in [1.82, 2.24) is 14.5 Å². The summed E-state index contributed by atoms with van der Waals surface area (Å²) in [5.74, 6) is 0. The van der Waals surface area contributed by atoms with Crippen molar-refractivity contribution in [3.63, 3.8) is 0 Å². The Labute approximate surface area is 789 Å². The van der Waals surface area contributed by atoms with Gasteiger partial charge < -0.3 is 22.8 Å². The Bertz CT molecular complexity index is 7230. The van der Waals surface area contributed by atoms with E-state index in [0.29, 0.717) is 0 Å². The Morgan fingerprint density at radius 2 is 0.526 bits per heavy atom. The van der Waals surface area contributed by atoms with Crippen molar-refractivity contribution in [3.05, 3.63) is 453 Å². The molecule has 3 aromatic heterocycles. The summed E-state index contributed by atoms with van der Waals surface area (Å²) in [6.07, 6.45) is 1.83. The third-order valence-corrected chi connectivity index (χ3v) is 38.7. The van der Waals surface area contributed by atoms with Gasteiger partial charge in [0.2, 0.25) is 0 Å². The van der Waals surface area contributed by atoms with Gasteiger partial charge in [0, 0.05) is 108 Å². The zero-order valence-electron chi connectivity index (χ0n) is 80.3. The molecule has 0 aliphatic heterocycles. The van der Waals surface area contributed by atoms with Crippen LogP contribution in [0.15, 0.2) is 431 Å². The minimum Gasteiger partial charge on any atom is -0.313 e. The molecule has 0 bridgehead atoms. The zero-order valence-corrected chi connectivity index (χ0v) is 83.8. The molecule has 11 heteroatoms. The lowest BCUT2D eigenvalue weighted by molar-refractivity contribution is 0.563. The molecule has 0 aliphatic carbocycles. The highest BCUT2D eigenvalue weighted by molar-refractivity contribution is 7.86. The Kier molecular flexibility index (Phi) is 29.2. The van der Waals surface area contributed by atoms with Crippen LogP contribution in [0, 0.1) is 0 Å². The van der Waals surface area contributed by atoms with Crippen LogP contribution < -0.4 is 53.0 Å². The second-order valence-electron chi connectivity index (χ2n) is 40.3. The maximum atomic E-state index is 14.5. The average Bonchev–Trinajstić information content (AvgIpc) is 1.70. The van der Waals surface area contributed by atoms with Gasteiger partial charge in [0.1, 0.15) is 14.3 Å². The Morgan fingerprint density at radius 3 is 0.970 bits per heavy atom. The lowest BCUT2D eigenvalue weighted by Gasteiger charge is -2.32. The molecule has 19 rings (SSSR count). The summed E-state index contributed by atoms with van der Waals surface area (Å²) in [4.78, 5) is 9.28. The monoisotopic (exact) mass is 1820 g/mol. The third-order valence-electron chi connectivity index (χ3n) is 24.7. The first kappa shape index (κ1) is 96.6. The summed E-state index contributed by atoms with van der Waals surface area (Å²) in [7, 11) is -11.1. The normalized spacial score (nSPS) is 12.6. The quantitative estimate of drug-likeness (QED) is 0.0945. The molecule has 7 nitrogen and oxygen atoms in total. The molecule has 672 valence electrons. The van der Waals surface area contributed by atoms with Crippen LogP contribution in [0.1, 0.15) is 147 Å². The van der Waals surface area contributed by atoms with Crippen LogP contribution in [0.25, 0.3) is 70.8 Å². The SMILES string of the molecule is CC(C)(C)P(=O)(c1ccccc1)c1ccc2ccccc2c1.CC(C)(C)P(=O)(c1ccccc1)c1ccccc1.CC(C)(C)c1ccc(P(=O)(c2ccccc2)c2ccccc2)cc1.CC(C)(C)c1ccc2cc(P(=O)(c3ccccc3)c3ccccc3)ccc2c1.CC(C)(C)c1ccc2ccc3cccnc3c2n1.CC(C)(C)c1cccc(-n2c3ccccc3c3ccccc32)c1. The van der Waals surface area contributed by atoms with E-state index < -0.39 is 28.6 Å². The van der Waals surface area contributed by atoms with Gasteiger partial charge in [0.05, 0.1) is 22.1 Å². The molecule has 19 aromatic rings. The molecule has 16 aromatic carbocycles. The summed E-state index contributed by atoms with van der Waals surface area (Å²) in [5.41, 5.74) is 11.2. The van der Waals surface area contributed by atoms with E-state index in [1.165, 1.54) is 55.0 Å². The van der Waals surface area contributed by atoms with Gasteiger partial charge in [-0.15, -0.1) is 0 Å². The smallest absolute Gasteiger partial charge is 0.171 e. The number of rotatable bonds is 11. The Hall–Kier alpha value is -12.4. The molecule has 0 N–H and O–H groups in total. The van der Waals surface area contributed by atoms with Crippen molar-refractivity contribution in [2.24, 2.45) is 0 Å². The van der Waals surface area contributed by atoms with Gasteiger partial charge in [-0.25, -0.2) is 4.98 Å². The van der Waals surface area contributed by atoms with E-state index in [2.05, 4.69) is 283 Å². The predicted molar refractivity (Wildman–Crippen MR) is 578 cm³/mol. The summed E-state index contributed by atoms with van der Waals surface area (Å²) in [6.45, 7) is 38.9. The van der Waals surface area contributed by atoms with Gasteiger partial charge in [-0.1, -0.05) is 501 Å². The molecule has 0 radical (unpaired) electrons. The summed E-state index contributed by atoms with van der Waals surface area (Å²) < 4.78 is 58.8.